The number of rotatable bonds is 6. The molecule has 200 valence electrons. The van der Waals surface area contributed by atoms with Crippen LogP contribution in [0.4, 0.5) is 5.69 Å². The molecule has 1 amide bonds. The molecule has 0 bridgehead atoms. The number of allylic oxidation sites excluding steroid dienone is 1. The number of esters is 2. The second kappa shape index (κ2) is 10.5. The van der Waals surface area contributed by atoms with E-state index in [1.54, 1.807) is 43.0 Å². The number of ether oxygens (including phenoxy) is 2. The number of hydrogen-bond acceptors (Lipinski definition) is 8. The Morgan fingerprint density at radius 3 is 2.41 bits per heavy atom. The van der Waals surface area contributed by atoms with Crippen LogP contribution < -0.4 is 19.8 Å². The SMILES string of the molecule is CCCN1C(=O)C(=c2sc3n(c2=O)C(c2ccc(C(=O)OC)cc2)C(C(=O)OCC)=C(C)N=3)c2ccccc21. The number of carbonyl (C=O) groups is 3. The fourth-order valence-corrected chi connectivity index (χ4v) is 6.16. The summed E-state index contributed by atoms with van der Waals surface area (Å²) in [5.41, 5.74) is 2.93. The minimum atomic E-state index is -0.861. The molecule has 2 aromatic carbocycles. The first-order chi connectivity index (χ1) is 18.8. The summed E-state index contributed by atoms with van der Waals surface area (Å²) in [7, 11) is 1.30. The molecule has 1 atom stereocenters. The van der Waals surface area contributed by atoms with Gasteiger partial charge in [-0.25, -0.2) is 14.6 Å². The van der Waals surface area contributed by atoms with Crippen LogP contribution >= 0.6 is 11.3 Å². The Balaban J connectivity index is 1.77. The van der Waals surface area contributed by atoms with Gasteiger partial charge in [-0.15, -0.1) is 0 Å². The summed E-state index contributed by atoms with van der Waals surface area (Å²) >= 11 is 1.13. The van der Waals surface area contributed by atoms with E-state index >= 15 is 0 Å². The first-order valence-corrected chi connectivity index (χ1v) is 13.5. The minimum absolute atomic E-state index is 0.150. The Morgan fingerprint density at radius 2 is 1.74 bits per heavy atom. The maximum absolute atomic E-state index is 14.1. The Morgan fingerprint density at radius 1 is 1.03 bits per heavy atom. The van der Waals surface area contributed by atoms with Crippen LogP contribution in [0.1, 0.15) is 54.7 Å². The first kappa shape index (κ1) is 26.3. The van der Waals surface area contributed by atoms with Gasteiger partial charge in [0.1, 0.15) is 4.53 Å². The molecular formula is C29H27N3O6S. The van der Waals surface area contributed by atoms with Gasteiger partial charge in [0.25, 0.3) is 11.5 Å². The zero-order chi connectivity index (χ0) is 27.8. The molecule has 39 heavy (non-hydrogen) atoms. The van der Waals surface area contributed by atoms with Crippen molar-refractivity contribution in [3.05, 3.63) is 96.2 Å². The molecule has 2 aliphatic rings. The van der Waals surface area contributed by atoms with Crippen molar-refractivity contribution in [2.24, 2.45) is 4.99 Å². The van der Waals surface area contributed by atoms with Crippen LogP contribution in [0.25, 0.3) is 5.57 Å². The lowest BCUT2D eigenvalue weighted by molar-refractivity contribution is -0.139. The van der Waals surface area contributed by atoms with Crippen LogP contribution in [-0.4, -0.2) is 42.7 Å². The van der Waals surface area contributed by atoms with E-state index in [0.29, 0.717) is 39.3 Å². The molecule has 0 spiro atoms. The number of methoxy groups -OCH3 is 1. The molecule has 0 saturated heterocycles. The lowest BCUT2D eigenvalue weighted by Gasteiger charge is -2.24. The van der Waals surface area contributed by atoms with Gasteiger partial charge in [-0.2, -0.15) is 0 Å². The number of benzene rings is 2. The van der Waals surface area contributed by atoms with Gasteiger partial charge in [0.2, 0.25) is 0 Å². The molecule has 0 radical (unpaired) electrons. The number of para-hydroxylation sites is 1. The average molecular weight is 546 g/mol. The van der Waals surface area contributed by atoms with Crippen molar-refractivity contribution < 1.29 is 23.9 Å². The highest BCUT2D eigenvalue weighted by atomic mass is 32.1. The highest BCUT2D eigenvalue weighted by Gasteiger charge is 2.37. The molecule has 0 fully saturated rings. The number of carbonyl (C=O) groups excluding carboxylic acids is 3. The second-order valence-corrected chi connectivity index (χ2v) is 10.1. The lowest BCUT2D eigenvalue weighted by atomic mass is 9.95. The van der Waals surface area contributed by atoms with Crippen molar-refractivity contribution in [1.82, 2.24) is 4.57 Å². The Kier molecular flexibility index (Phi) is 7.05. The summed E-state index contributed by atoms with van der Waals surface area (Å²) in [6.07, 6.45) is 0.762. The van der Waals surface area contributed by atoms with Crippen molar-refractivity contribution in [2.75, 3.05) is 25.2 Å². The normalized spacial score (nSPS) is 17.5. The molecule has 2 aliphatic heterocycles. The number of thiazole rings is 1. The van der Waals surface area contributed by atoms with Gasteiger partial charge in [-0.1, -0.05) is 48.6 Å². The quantitative estimate of drug-likeness (QED) is 0.441. The Hall–Kier alpha value is -4.31. The summed E-state index contributed by atoms with van der Waals surface area (Å²) in [6, 6.07) is 13.1. The van der Waals surface area contributed by atoms with Crippen LogP contribution in [0, 0.1) is 0 Å². The zero-order valence-electron chi connectivity index (χ0n) is 22.0. The van der Waals surface area contributed by atoms with Gasteiger partial charge in [0.05, 0.1) is 47.9 Å². The van der Waals surface area contributed by atoms with Crippen LogP contribution in [0.15, 0.2) is 69.6 Å². The predicted molar refractivity (Wildman–Crippen MR) is 146 cm³/mol. The molecule has 1 unspecified atom stereocenters. The average Bonchev–Trinajstić information content (AvgIpc) is 3.40. The smallest absolute Gasteiger partial charge is 0.338 e. The number of anilines is 1. The summed E-state index contributed by atoms with van der Waals surface area (Å²) < 4.78 is 11.8. The van der Waals surface area contributed by atoms with E-state index in [0.717, 1.165) is 23.4 Å². The summed E-state index contributed by atoms with van der Waals surface area (Å²) in [4.78, 5) is 59.6. The summed E-state index contributed by atoms with van der Waals surface area (Å²) in [5.74, 6) is -1.32. The van der Waals surface area contributed by atoms with Gasteiger partial charge in [0.15, 0.2) is 4.80 Å². The van der Waals surface area contributed by atoms with Gasteiger partial charge < -0.3 is 14.4 Å². The van der Waals surface area contributed by atoms with Crippen LogP contribution in [-0.2, 0) is 19.1 Å². The number of amides is 1. The largest absolute Gasteiger partial charge is 0.465 e. The molecular weight excluding hydrogens is 518 g/mol. The predicted octanol–water partition coefficient (Wildman–Crippen LogP) is 2.71. The maximum Gasteiger partial charge on any atom is 0.338 e. The molecule has 0 aliphatic carbocycles. The third-order valence-corrected chi connectivity index (χ3v) is 7.79. The molecule has 9 nitrogen and oxygen atoms in total. The molecule has 5 rings (SSSR count). The van der Waals surface area contributed by atoms with Crippen molar-refractivity contribution in [1.29, 1.82) is 0 Å². The van der Waals surface area contributed by atoms with Crippen LogP contribution in [0.2, 0.25) is 0 Å². The second-order valence-electron chi connectivity index (χ2n) is 9.09. The highest BCUT2D eigenvalue weighted by Crippen LogP contribution is 2.35. The van der Waals surface area contributed by atoms with Crippen molar-refractivity contribution in [2.45, 2.75) is 33.2 Å². The number of aromatic nitrogens is 1. The van der Waals surface area contributed by atoms with Crippen molar-refractivity contribution in [3.63, 3.8) is 0 Å². The third-order valence-electron chi connectivity index (χ3n) is 6.74. The standard InChI is InChI=1S/C29H27N3O6S/c1-5-15-31-20-10-8-7-9-19(20)22(25(31)33)24-26(34)32-23(17-11-13-18(14-12-17)27(35)37-4)21(28(36)38-6-2)16(3)30-29(32)39-24/h7-14,23H,5-6,15H2,1-4H3. The maximum atomic E-state index is 14.1. The molecule has 3 aromatic rings. The van der Waals surface area contributed by atoms with Crippen LogP contribution in [0.5, 0.6) is 0 Å². The monoisotopic (exact) mass is 545 g/mol. The topological polar surface area (TPSA) is 107 Å². The van der Waals surface area contributed by atoms with E-state index in [9.17, 15) is 19.2 Å². The highest BCUT2D eigenvalue weighted by molar-refractivity contribution is 7.07. The first-order valence-electron chi connectivity index (χ1n) is 12.6. The van der Waals surface area contributed by atoms with E-state index in [-0.39, 0.29) is 22.6 Å². The van der Waals surface area contributed by atoms with Gasteiger partial charge in [-0.05, 0) is 44.0 Å². The van der Waals surface area contributed by atoms with E-state index in [1.807, 2.05) is 31.2 Å². The lowest BCUT2D eigenvalue weighted by Crippen LogP contribution is -2.41. The van der Waals surface area contributed by atoms with Crippen LogP contribution in [0.3, 0.4) is 0 Å². The van der Waals surface area contributed by atoms with Gasteiger partial charge in [-0.3, -0.25) is 14.2 Å². The van der Waals surface area contributed by atoms with Gasteiger partial charge >= 0.3 is 11.9 Å². The molecule has 0 N–H and O–H groups in total. The zero-order valence-corrected chi connectivity index (χ0v) is 22.8. The van der Waals surface area contributed by atoms with Crippen molar-refractivity contribution in [3.8, 4) is 0 Å². The number of hydrogen-bond donors (Lipinski definition) is 0. The third kappa shape index (κ3) is 4.30. The van der Waals surface area contributed by atoms with Crippen molar-refractivity contribution >= 4 is 40.4 Å². The fraction of sp³-hybridized carbons (Fsp3) is 0.276. The van der Waals surface area contributed by atoms with E-state index in [1.165, 1.54) is 11.7 Å². The molecule has 3 heterocycles. The molecule has 0 saturated carbocycles. The Bertz CT molecular complexity index is 1710. The van der Waals surface area contributed by atoms with E-state index in [4.69, 9.17) is 9.47 Å². The number of fused-ring (bicyclic) bond motifs is 2. The summed E-state index contributed by atoms with van der Waals surface area (Å²) in [6.45, 7) is 6.07. The minimum Gasteiger partial charge on any atom is -0.465 e. The molecule has 10 heteroatoms. The van der Waals surface area contributed by atoms with E-state index < -0.39 is 23.5 Å². The van der Waals surface area contributed by atoms with Gasteiger partial charge in [0, 0.05) is 12.1 Å². The summed E-state index contributed by atoms with van der Waals surface area (Å²) in [5, 5.41) is 0. The Labute approximate surface area is 228 Å². The molecule has 1 aromatic heterocycles. The fourth-order valence-electron chi connectivity index (χ4n) is 5.02. The van der Waals surface area contributed by atoms with E-state index in [2.05, 4.69) is 4.99 Å². The number of nitrogens with zero attached hydrogens (tertiary/aromatic N) is 3.